The minimum atomic E-state index is -0.586. The summed E-state index contributed by atoms with van der Waals surface area (Å²) < 4.78 is 5.37. The monoisotopic (exact) mass is 459 g/mol. The maximum Gasteiger partial charge on any atom is 0.161 e. The molecule has 0 radical (unpaired) electrons. The SMILES string of the molecule is C=C/C(=C\N(C)C)c1cccc(-c2ncc(C(/C=C\C)=N/C(=C)C)c(NC3(CO)COC3)n2)c1. The second kappa shape index (κ2) is 11.0. The molecule has 1 aliphatic heterocycles. The Labute approximate surface area is 201 Å². The highest BCUT2D eigenvalue weighted by molar-refractivity contribution is 6.12. The van der Waals surface area contributed by atoms with Crippen LogP contribution in [0.4, 0.5) is 5.82 Å². The Kier molecular flexibility index (Phi) is 8.15. The number of hydrogen-bond acceptors (Lipinski definition) is 7. The van der Waals surface area contributed by atoms with Gasteiger partial charge in [-0.3, -0.25) is 4.99 Å². The molecule has 0 atom stereocenters. The molecule has 0 amide bonds. The Morgan fingerprint density at radius 3 is 2.68 bits per heavy atom. The topological polar surface area (TPSA) is 82.9 Å². The molecule has 2 heterocycles. The number of aromatic nitrogens is 2. The number of allylic oxidation sites excluding steroid dienone is 5. The number of nitrogens with zero attached hydrogens (tertiary/aromatic N) is 4. The second-order valence-corrected chi connectivity index (χ2v) is 8.58. The third kappa shape index (κ3) is 5.87. The summed E-state index contributed by atoms with van der Waals surface area (Å²) in [5.41, 5.74) is 4.37. The number of rotatable bonds is 10. The summed E-state index contributed by atoms with van der Waals surface area (Å²) in [5.74, 6) is 1.14. The molecule has 2 N–H and O–H groups in total. The molecular formula is C27H33N5O2. The van der Waals surface area contributed by atoms with Crippen LogP contribution in [0.25, 0.3) is 17.0 Å². The molecule has 34 heavy (non-hydrogen) atoms. The molecule has 0 aliphatic carbocycles. The molecule has 1 saturated heterocycles. The van der Waals surface area contributed by atoms with E-state index in [0.717, 1.165) is 22.3 Å². The van der Waals surface area contributed by atoms with Gasteiger partial charge in [0.1, 0.15) is 11.4 Å². The van der Waals surface area contributed by atoms with Crippen molar-refractivity contribution < 1.29 is 9.84 Å². The van der Waals surface area contributed by atoms with E-state index in [1.165, 1.54) is 0 Å². The fourth-order valence-corrected chi connectivity index (χ4v) is 3.52. The molecule has 7 heteroatoms. The standard InChI is InChI=1S/C27H33N5O2/c1-7-10-24(29-19(3)4)23-14-28-25(30-26(23)31-27(16-33)17-34-18-27)22-12-9-11-21(13-22)20(8-2)15-32(5)6/h7-15,33H,2-3,16-18H2,1,4-6H3,(H,28,30,31)/b10-7-,20-15+,29-24+. The smallest absolute Gasteiger partial charge is 0.161 e. The van der Waals surface area contributed by atoms with Gasteiger partial charge >= 0.3 is 0 Å². The van der Waals surface area contributed by atoms with Gasteiger partial charge in [0.15, 0.2) is 5.82 Å². The van der Waals surface area contributed by atoms with Crippen molar-refractivity contribution in [2.24, 2.45) is 4.99 Å². The van der Waals surface area contributed by atoms with Gasteiger partial charge < -0.3 is 20.1 Å². The van der Waals surface area contributed by atoms with Gasteiger partial charge in [0.25, 0.3) is 0 Å². The van der Waals surface area contributed by atoms with Crippen LogP contribution in [0.1, 0.15) is 25.0 Å². The van der Waals surface area contributed by atoms with Crippen LogP contribution in [-0.2, 0) is 4.74 Å². The summed E-state index contributed by atoms with van der Waals surface area (Å²) in [6, 6.07) is 8.02. The lowest BCUT2D eigenvalue weighted by molar-refractivity contribution is -0.0651. The summed E-state index contributed by atoms with van der Waals surface area (Å²) >= 11 is 0. The molecule has 178 valence electrons. The minimum absolute atomic E-state index is 0.0735. The molecule has 1 aliphatic rings. The van der Waals surface area contributed by atoms with E-state index in [9.17, 15) is 5.11 Å². The molecule has 0 unspecified atom stereocenters. The number of ether oxygens (including phenoxy) is 1. The van der Waals surface area contributed by atoms with Gasteiger partial charge in [-0.25, -0.2) is 9.97 Å². The number of benzene rings is 1. The van der Waals surface area contributed by atoms with Crippen molar-refractivity contribution in [2.75, 3.05) is 39.2 Å². The molecule has 0 spiro atoms. The lowest BCUT2D eigenvalue weighted by atomic mass is 9.98. The number of nitrogens with one attached hydrogen (secondary N) is 1. The molecule has 7 nitrogen and oxygen atoms in total. The van der Waals surface area contributed by atoms with Crippen molar-refractivity contribution in [1.29, 1.82) is 0 Å². The molecule has 1 aromatic heterocycles. The van der Waals surface area contributed by atoms with E-state index >= 15 is 0 Å². The number of aliphatic hydroxyl groups excluding tert-OH is 1. The summed E-state index contributed by atoms with van der Waals surface area (Å²) in [6.45, 7) is 12.3. The van der Waals surface area contributed by atoms with Crippen LogP contribution in [0.15, 0.2) is 78.7 Å². The third-order valence-electron chi connectivity index (χ3n) is 5.21. The normalized spacial score (nSPS) is 15.7. The Morgan fingerprint density at radius 1 is 1.35 bits per heavy atom. The van der Waals surface area contributed by atoms with E-state index < -0.39 is 5.54 Å². The molecular weight excluding hydrogens is 426 g/mol. The average Bonchev–Trinajstić information content (AvgIpc) is 2.79. The molecule has 2 aromatic rings. The number of anilines is 1. The maximum absolute atomic E-state index is 10.00. The second-order valence-electron chi connectivity index (χ2n) is 8.58. The summed E-state index contributed by atoms with van der Waals surface area (Å²) in [4.78, 5) is 16.1. The molecule has 0 saturated carbocycles. The molecule has 0 bridgehead atoms. The van der Waals surface area contributed by atoms with Crippen LogP contribution < -0.4 is 5.32 Å². The van der Waals surface area contributed by atoms with Crippen LogP contribution in [-0.4, -0.2) is 65.1 Å². The fraction of sp³-hybridized carbons (Fsp3) is 0.296. The lowest BCUT2D eigenvalue weighted by Crippen LogP contribution is -2.59. The van der Waals surface area contributed by atoms with Crippen LogP contribution in [0.3, 0.4) is 0 Å². The molecule has 1 aromatic carbocycles. The zero-order valence-corrected chi connectivity index (χ0v) is 20.4. The Morgan fingerprint density at radius 2 is 2.12 bits per heavy atom. The maximum atomic E-state index is 10.00. The van der Waals surface area contributed by atoms with E-state index in [2.05, 4.69) is 28.5 Å². The van der Waals surface area contributed by atoms with E-state index in [-0.39, 0.29) is 6.61 Å². The quantitative estimate of drug-likeness (QED) is 0.407. The summed E-state index contributed by atoms with van der Waals surface area (Å²) in [7, 11) is 3.95. The molecule has 1 fully saturated rings. The van der Waals surface area contributed by atoms with Gasteiger partial charge in [-0.15, -0.1) is 0 Å². The highest BCUT2D eigenvalue weighted by atomic mass is 16.5. The fourth-order valence-electron chi connectivity index (χ4n) is 3.52. The average molecular weight is 460 g/mol. The van der Waals surface area contributed by atoms with E-state index in [1.807, 2.05) is 81.5 Å². The first kappa shape index (κ1) is 25.1. The van der Waals surface area contributed by atoms with Crippen molar-refractivity contribution in [1.82, 2.24) is 14.9 Å². The van der Waals surface area contributed by atoms with Gasteiger partial charge in [-0.2, -0.15) is 0 Å². The number of aliphatic hydroxyl groups is 1. The van der Waals surface area contributed by atoms with Crippen molar-refractivity contribution in [2.45, 2.75) is 19.4 Å². The predicted octanol–water partition coefficient (Wildman–Crippen LogP) is 4.30. The Bertz CT molecular complexity index is 1140. The van der Waals surface area contributed by atoms with Crippen molar-refractivity contribution >= 4 is 17.1 Å². The highest BCUT2D eigenvalue weighted by Crippen LogP contribution is 2.28. The zero-order valence-electron chi connectivity index (χ0n) is 20.4. The first-order valence-corrected chi connectivity index (χ1v) is 11.1. The minimum Gasteiger partial charge on any atom is -0.394 e. The van der Waals surface area contributed by atoms with Crippen LogP contribution in [0, 0.1) is 0 Å². The van der Waals surface area contributed by atoms with Gasteiger partial charge in [-0.1, -0.05) is 43.5 Å². The van der Waals surface area contributed by atoms with Crippen LogP contribution >= 0.6 is 0 Å². The van der Waals surface area contributed by atoms with Gasteiger partial charge in [0, 0.05) is 37.8 Å². The largest absolute Gasteiger partial charge is 0.394 e. The highest BCUT2D eigenvalue weighted by Gasteiger charge is 2.39. The first-order chi connectivity index (χ1) is 16.3. The number of aliphatic imine (C=N–C) groups is 1. The van der Waals surface area contributed by atoms with Crippen molar-refractivity contribution in [3.8, 4) is 11.4 Å². The summed E-state index contributed by atoms with van der Waals surface area (Å²) in [5, 5.41) is 13.4. The Balaban J connectivity index is 2.12. The van der Waals surface area contributed by atoms with E-state index in [4.69, 9.17) is 9.72 Å². The third-order valence-corrected chi connectivity index (χ3v) is 5.21. The zero-order chi connectivity index (χ0) is 24.7. The predicted molar refractivity (Wildman–Crippen MR) is 140 cm³/mol. The summed E-state index contributed by atoms with van der Waals surface area (Å²) in [6.07, 6.45) is 9.40. The van der Waals surface area contributed by atoms with E-state index in [0.29, 0.717) is 36.3 Å². The van der Waals surface area contributed by atoms with Gasteiger partial charge in [0.05, 0.1) is 31.1 Å². The van der Waals surface area contributed by atoms with Crippen molar-refractivity contribution in [3.05, 3.63) is 84.9 Å². The molecule has 3 rings (SSSR count). The Hall–Kier alpha value is -3.55. The van der Waals surface area contributed by atoms with Crippen LogP contribution in [0.5, 0.6) is 0 Å². The van der Waals surface area contributed by atoms with E-state index in [1.54, 1.807) is 6.20 Å². The number of hydrogen-bond donors (Lipinski definition) is 2. The van der Waals surface area contributed by atoms with Gasteiger partial charge in [0.2, 0.25) is 0 Å². The van der Waals surface area contributed by atoms with Crippen molar-refractivity contribution in [3.63, 3.8) is 0 Å². The first-order valence-electron chi connectivity index (χ1n) is 11.1. The van der Waals surface area contributed by atoms with Crippen LogP contribution in [0.2, 0.25) is 0 Å². The lowest BCUT2D eigenvalue weighted by Gasteiger charge is -2.41. The van der Waals surface area contributed by atoms with Gasteiger partial charge in [-0.05, 0) is 37.1 Å².